The van der Waals surface area contributed by atoms with Gasteiger partial charge in [-0.15, -0.1) is 0 Å². The van der Waals surface area contributed by atoms with Crippen molar-refractivity contribution in [2.45, 2.75) is 25.7 Å². The summed E-state index contributed by atoms with van der Waals surface area (Å²) in [4.78, 5) is 12.0. The number of nitrogens with one attached hydrogen (secondary N) is 1. The Balaban J connectivity index is 1.93. The van der Waals surface area contributed by atoms with E-state index < -0.39 is 23.8 Å². The van der Waals surface area contributed by atoms with Crippen molar-refractivity contribution in [1.29, 1.82) is 0 Å². The van der Waals surface area contributed by atoms with Crippen molar-refractivity contribution in [3.8, 4) is 5.75 Å². The second kappa shape index (κ2) is 7.57. The van der Waals surface area contributed by atoms with Gasteiger partial charge in [0.2, 0.25) is 0 Å². The van der Waals surface area contributed by atoms with Crippen LogP contribution in [0.15, 0.2) is 48.5 Å². The summed E-state index contributed by atoms with van der Waals surface area (Å²) in [6, 6.07) is 11.4. The van der Waals surface area contributed by atoms with Crippen molar-refractivity contribution < 1.29 is 22.7 Å². The first-order valence-electron chi connectivity index (χ1n) is 7.12. The molecule has 1 unspecified atom stereocenters. The normalized spacial score (nSPS) is 12.5. The van der Waals surface area contributed by atoms with Crippen LogP contribution in [0.5, 0.6) is 5.75 Å². The highest BCUT2D eigenvalue weighted by molar-refractivity contribution is 6.30. The van der Waals surface area contributed by atoms with Gasteiger partial charge in [0.25, 0.3) is 5.91 Å². The fraction of sp³-hybridized carbons (Fsp3) is 0.235. The average molecular weight is 358 g/mol. The molecular weight excluding hydrogens is 343 g/mol. The molecule has 1 N–H and O–H groups in total. The maximum absolute atomic E-state index is 12.7. The summed E-state index contributed by atoms with van der Waals surface area (Å²) in [6.07, 6.45) is -5.22. The van der Waals surface area contributed by atoms with Crippen LogP contribution in [-0.2, 0) is 17.5 Å². The minimum atomic E-state index is -4.41. The summed E-state index contributed by atoms with van der Waals surface area (Å²) in [5.74, 6) is -0.00314. The first-order valence-corrected chi connectivity index (χ1v) is 7.49. The Bertz CT molecular complexity index is 719. The van der Waals surface area contributed by atoms with Crippen LogP contribution in [0.2, 0.25) is 5.02 Å². The Morgan fingerprint density at radius 3 is 2.58 bits per heavy atom. The van der Waals surface area contributed by atoms with Gasteiger partial charge in [0.05, 0.1) is 5.56 Å². The molecular formula is C17H15ClF3NO2. The van der Waals surface area contributed by atoms with E-state index in [0.29, 0.717) is 16.3 Å². The van der Waals surface area contributed by atoms with Crippen LogP contribution in [0.25, 0.3) is 0 Å². The Morgan fingerprint density at radius 2 is 1.92 bits per heavy atom. The van der Waals surface area contributed by atoms with E-state index in [-0.39, 0.29) is 6.54 Å². The molecule has 0 aliphatic carbocycles. The van der Waals surface area contributed by atoms with Crippen molar-refractivity contribution in [2.24, 2.45) is 0 Å². The Hall–Kier alpha value is -2.21. The van der Waals surface area contributed by atoms with Crippen LogP contribution >= 0.6 is 11.6 Å². The first kappa shape index (κ1) is 18.1. The molecule has 0 saturated heterocycles. The lowest BCUT2D eigenvalue weighted by Crippen LogP contribution is -2.35. The molecule has 1 atom stereocenters. The zero-order valence-electron chi connectivity index (χ0n) is 12.7. The van der Waals surface area contributed by atoms with E-state index >= 15 is 0 Å². The quantitative estimate of drug-likeness (QED) is 0.859. The summed E-state index contributed by atoms with van der Waals surface area (Å²) >= 11 is 5.83. The number of hydrogen-bond acceptors (Lipinski definition) is 2. The number of rotatable bonds is 5. The van der Waals surface area contributed by atoms with Crippen LogP contribution in [0, 0.1) is 0 Å². The SMILES string of the molecule is CC(Oc1cccc(Cl)c1)C(=O)NCc1cccc(C(F)(F)F)c1. The fourth-order valence-corrected chi connectivity index (χ4v) is 2.17. The standard InChI is InChI=1S/C17H15ClF3NO2/c1-11(24-15-7-3-6-14(18)9-15)16(23)22-10-12-4-2-5-13(8-12)17(19,20)21/h2-9,11H,10H2,1H3,(H,22,23). The van der Waals surface area contributed by atoms with Gasteiger partial charge in [0.1, 0.15) is 5.75 Å². The van der Waals surface area contributed by atoms with Crippen molar-refractivity contribution in [1.82, 2.24) is 5.32 Å². The van der Waals surface area contributed by atoms with E-state index in [2.05, 4.69) is 5.32 Å². The zero-order valence-corrected chi connectivity index (χ0v) is 13.5. The van der Waals surface area contributed by atoms with Gasteiger partial charge in [0.15, 0.2) is 6.10 Å². The number of amides is 1. The van der Waals surface area contributed by atoms with Gasteiger partial charge >= 0.3 is 6.18 Å². The lowest BCUT2D eigenvalue weighted by Gasteiger charge is -2.15. The molecule has 128 valence electrons. The molecule has 24 heavy (non-hydrogen) atoms. The fourth-order valence-electron chi connectivity index (χ4n) is 1.99. The number of hydrogen-bond donors (Lipinski definition) is 1. The topological polar surface area (TPSA) is 38.3 Å². The smallest absolute Gasteiger partial charge is 0.416 e. The molecule has 3 nitrogen and oxygen atoms in total. The number of benzene rings is 2. The van der Waals surface area contributed by atoms with Crippen LogP contribution in [0.1, 0.15) is 18.1 Å². The Morgan fingerprint density at radius 1 is 1.21 bits per heavy atom. The zero-order chi connectivity index (χ0) is 17.7. The molecule has 0 bridgehead atoms. The molecule has 0 spiro atoms. The molecule has 0 aromatic heterocycles. The molecule has 0 saturated carbocycles. The lowest BCUT2D eigenvalue weighted by atomic mass is 10.1. The predicted octanol–water partition coefficient (Wildman–Crippen LogP) is 4.44. The lowest BCUT2D eigenvalue weighted by molar-refractivity contribution is -0.137. The highest BCUT2D eigenvalue weighted by Crippen LogP contribution is 2.29. The van der Waals surface area contributed by atoms with Gasteiger partial charge < -0.3 is 10.1 Å². The Labute approximate surface area is 142 Å². The molecule has 2 aromatic carbocycles. The van der Waals surface area contributed by atoms with E-state index in [9.17, 15) is 18.0 Å². The van der Waals surface area contributed by atoms with Crippen molar-refractivity contribution in [3.05, 3.63) is 64.7 Å². The molecule has 1 amide bonds. The average Bonchev–Trinajstić information content (AvgIpc) is 2.52. The number of halogens is 4. The highest BCUT2D eigenvalue weighted by atomic mass is 35.5. The maximum Gasteiger partial charge on any atom is 0.416 e. The highest BCUT2D eigenvalue weighted by Gasteiger charge is 2.30. The summed E-state index contributed by atoms with van der Waals surface area (Å²) < 4.78 is 43.4. The third-order valence-electron chi connectivity index (χ3n) is 3.20. The summed E-state index contributed by atoms with van der Waals surface area (Å²) in [6.45, 7) is 1.52. The van der Waals surface area contributed by atoms with Crippen molar-refractivity contribution in [3.63, 3.8) is 0 Å². The van der Waals surface area contributed by atoms with Gasteiger partial charge in [-0.1, -0.05) is 29.8 Å². The van der Waals surface area contributed by atoms with Gasteiger partial charge in [0, 0.05) is 11.6 Å². The number of carbonyl (C=O) groups excluding carboxylic acids is 1. The van der Waals surface area contributed by atoms with Crippen LogP contribution in [0.3, 0.4) is 0 Å². The minimum absolute atomic E-state index is 0.0218. The first-order chi connectivity index (χ1) is 11.3. The van der Waals surface area contributed by atoms with Crippen molar-refractivity contribution in [2.75, 3.05) is 0 Å². The predicted molar refractivity (Wildman–Crippen MR) is 84.8 cm³/mol. The molecule has 0 fully saturated rings. The van der Waals surface area contributed by atoms with Crippen LogP contribution in [-0.4, -0.2) is 12.0 Å². The second-order valence-corrected chi connectivity index (χ2v) is 5.57. The summed E-state index contributed by atoms with van der Waals surface area (Å²) in [7, 11) is 0. The number of ether oxygens (including phenoxy) is 1. The minimum Gasteiger partial charge on any atom is -0.481 e. The van der Waals surface area contributed by atoms with E-state index in [1.165, 1.54) is 12.1 Å². The van der Waals surface area contributed by atoms with Gasteiger partial charge in [-0.2, -0.15) is 13.2 Å². The third kappa shape index (κ3) is 5.16. The van der Waals surface area contributed by atoms with E-state index in [1.807, 2.05) is 0 Å². The Kier molecular flexibility index (Phi) is 5.72. The molecule has 2 aromatic rings. The maximum atomic E-state index is 12.7. The largest absolute Gasteiger partial charge is 0.481 e. The summed E-state index contributed by atoms with van der Waals surface area (Å²) in [5, 5.41) is 3.02. The molecule has 0 aliphatic heterocycles. The second-order valence-electron chi connectivity index (χ2n) is 5.13. The van der Waals surface area contributed by atoms with E-state index in [0.717, 1.165) is 12.1 Å². The molecule has 0 radical (unpaired) electrons. The van der Waals surface area contributed by atoms with Gasteiger partial charge in [-0.3, -0.25) is 4.79 Å². The van der Waals surface area contributed by atoms with Crippen LogP contribution < -0.4 is 10.1 Å². The van der Waals surface area contributed by atoms with Gasteiger partial charge in [-0.05, 0) is 42.8 Å². The summed E-state index contributed by atoms with van der Waals surface area (Å²) in [5.41, 5.74) is -0.398. The third-order valence-corrected chi connectivity index (χ3v) is 3.43. The molecule has 0 aliphatic rings. The molecule has 7 heteroatoms. The molecule has 0 heterocycles. The van der Waals surface area contributed by atoms with Gasteiger partial charge in [-0.25, -0.2) is 0 Å². The van der Waals surface area contributed by atoms with Crippen molar-refractivity contribution >= 4 is 17.5 Å². The van der Waals surface area contributed by atoms with E-state index in [1.54, 1.807) is 31.2 Å². The monoisotopic (exact) mass is 357 g/mol. The molecule has 2 rings (SSSR count). The number of carbonyl (C=O) groups is 1. The number of alkyl halides is 3. The van der Waals surface area contributed by atoms with E-state index in [4.69, 9.17) is 16.3 Å². The van der Waals surface area contributed by atoms with Crippen LogP contribution in [0.4, 0.5) is 13.2 Å².